The van der Waals surface area contributed by atoms with Crippen molar-refractivity contribution in [3.63, 3.8) is 0 Å². The van der Waals surface area contributed by atoms with Crippen molar-refractivity contribution in [2.24, 2.45) is 5.73 Å². The molecule has 4 nitrogen and oxygen atoms in total. The number of benzene rings is 1. The van der Waals surface area contributed by atoms with Gasteiger partial charge in [-0.2, -0.15) is 5.10 Å². The summed E-state index contributed by atoms with van der Waals surface area (Å²) >= 11 is 0. The van der Waals surface area contributed by atoms with E-state index in [0.29, 0.717) is 6.54 Å². The summed E-state index contributed by atoms with van der Waals surface area (Å²) in [5.41, 5.74) is 6.96. The van der Waals surface area contributed by atoms with E-state index >= 15 is 0 Å². The Labute approximate surface area is 69.0 Å². The second kappa shape index (κ2) is 2.49. The van der Waals surface area contributed by atoms with Gasteiger partial charge in [-0.1, -0.05) is 6.07 Å². The third-order valence-electron chi connectivity index (χ3n) is 1.84. The van der Waals surface area contributed by atoms with Gasteiger partial charge in [-0.15, -0.1) is 0 Å². The highest BCUT2D eigenvalue weighted by Crippen LogP contribution is 2.25. The smallest absolute Gasteiger partial charge is 0.126 e. The van der Waals surface area contributed by atoms with Crippen LogP contribution in [-0.2, 0) is 6.54 Å². The van der Waals surface area contributed by atoms with Crippen molar-refractivity contribution in [3.8, 4) is 5.75 Å². The SMILES string of the molecule is NCc1[nH]nc2cccc(O)c12. The summed E-state index contributed by atoms with van der Waals surface area (Å²) in [6.45, 7) is 0.355. The van der Waals surface area contributed by atoms with Crippen molar-refractivity contribution in [1.29, 1.82) is 0 Å². The molecule has 4 heteroatoms. The number of H-pyrrole nitrogens is 1. The van der Waals surface area contributed by atoms with Gasteiger partial charge in [0.15, 0.2) is 0 Å². The summed E-state index contributed by atoms with van der Waals surface area (Å²) in [7, 11) is 0. The van der Waals surface area contributed by atoms with Crippen LogP contribution < -0.4 is 5.73 Å². The first-order valence-corrected chi connectivity index (χ1v) is 3.68. The van der Waals surface area contributed by atoms with Gasteiger partial charge < -0.3 is 10.8 Å². The molecule has 0 amide bonds. The highest BCUT2D eigenvalue weighted by atomic mass is 16.3. The summed E-state index contributed by atoms with van der Waals surface area (Å²) in [6.07, 6.45) is 0. The Bertz CT molecular complexity index is 408. The molecular weight excluding hydrogens is 154 g/mol. The quantitative estimate of drug-likeness (QED) is 0.580. The molecule has 0 unspecified atom stereocenters. The number of phenolic OH excluding ortho intramolecular Hbond substituents is 1. The molecule has 0 fully saturated rings. The maximum absolute atomic E-state index is 9.46. The highest BCUT2D eigenvalue weighted by Gasteiger charge is 2.06. The highest BCUT2D eigenvalue weighted by molar-refractivity contribution is 5.87. The summed E-state index contributed by atoms with van der Waals surface area (Å²) in [6, 6.07) is 5.19. The lowest BCUT2D eigenvalue weighted by Crippen LogP contribution is -1.96. The van der Waals surface area contributed by atoms with Gasteiger partial charge in [0, 0.05) is 6.54 Å². The van der Waals surface area contributed by atoms with Crippen LogP contribution in [0.3, 0.4) is 0 Å². The summed E-state index contributed by atoms with van der Waals surface area (Å²) in [4.78, 5) is 0. The van der Waals surface area contributed by atoms with Crippen molar-refractivity contribution in [3.05, 3.63) is 23.9 Å². The van der Waals surface area contributed by atoms with Crippen molar-refractivity contribution in [1.82, 2.24) is 10.2 Å². The Balaban J connectivity index is 2.83. The fourth-order valence-electron chi connectivity index (χ4n) is 1.26. The average Bonchev–Trinajstić information content (AvgIpc) is 2.49. The fraction of sp³-hybridized carbons (Fsp3) is 0.125. The largest absolute Gasteiger partial charge is 0.507 e. The number of hydrogen-bond donors (Lipinski definition) is 3. The Morgan fingerprint density at radius 1 is 1.50 bits per heavy atom. The molecule has 4 N–H and O–H groups in total. The number of hydrogen-bond acceptors (Lipinski definition) is 3. The van der Waals surface area contributed by atoms with E-state index in [2.05, 4.69) is 10.2 Å². The van der Waals surface area contributed by atoms with Gasteiger partial charge in [-0.05, 0) is 12.1 Å². The van der Waals surface area contributed by atoms with Gasteiger partial charge in [-0.25, -0.2) is 0 Å². The van der Waals surface area contributed by atoms with Crippen LogP contribution in [0.1, 0.15) is 5.69 Å². The van der Waals surface area contributed by atoms with E-state index in [9.17, 15) is 5.11 Å². The number of aromatic nitrogens is 2. The molecule has 0 radical (unpaired) electrons. The van der Waals surface area contributed by atoms with Gasteiger partial charge in [0.05, 0.1) is 16.6 Å². The van der Waals surface area contributed by atoms with E-state index in [1.54, 1.807) is 12.1 Å². The molecule has 0 saturated carbocycles. The minimum atomic E-state index is 0.224. The van der Waals surface area contributed by atoms with E-state index in [1.807, 2.05) is 6.07 Å². The lowest BCUT2D eigenvalue weighted by atomic mass is 10.2. The van der Waals surface area contributed by atoms with E-state index < -0.39 is 0 Å². The van der Waals surface area contributed by atoms with Crippen LogP contribution >= 0.6 is 0 Å². The van der Waals surface area contributed by atoms with Crippen molar-refractivity contribution < 1.29 is 5.11 Å². The van der Waals surface area contributed by atoms with Gasteiger partial charge in [0.1, 0.15) is 5.75 Å². The number of rotatable bonds is 1. The molecule has 1 aromatic carbocycles. The molecule has 1 heterocycles. The summed E-state index contributed by atoms with van der Waals surface area (Å²) in [5.74, 6) is 0.224. The number of nitrogens with zero attached hydrogens (tertiary/aromatic N) is 1. The fourth-order valence-corrected chi connectivity index (χ4v) is 1.26. The second-order valence-corrected chi connectivity index (χ2v) is 2.58. The van der Waals surface area contributed by atoms with Crippen LogP contribution in [0.5, 0.6) is 5.75 Å². The molecule has 2 aromatic rings. The maximum atomic E-state index is 9.46. The molecule has 0 spiro atoms. The Kier molecular flexibility index (Phi) is 1.48. The molecule has 0 bridgehead atoms. The van der Waals surface area contributed by atoms with Crippen LogP contribution in [0.2, 0.25) is 0 Å². The number of aromatic hydroxyl groups is 1. The molecule has 0 saturated heterocycles. The minimum absolute atomic E-state index is 0.224. The molecule has 0 aliphatic rings. The van der Waals surface area contributed by atoms with Crippen LogP contribution in [0.15, 0.2) is 18.2 Å². The van der Waals surface area contributed by atoms with Gasteiger partial charge >= 0.3 is 0 Å². The zero-order chi connectivity index (χ0) is 8.55. The van der Waals surface area contributed by atoms with Crippen molar-refractivity contribution in [2.75, 3.05) is 0 Å². The van der Waals surface area contributed by atoms with E-state index in [-0.39, 0.29) is 5.75 Å². The zero-order valence-electron chi connectivity index (χ0n) is 6.41. The number of aromatic amines is 1. The summed E-state index contributed by atoms with van der Waals surface area (Å²) < 4.78 is 0. The minimum Gasteiger partial charge on any atom is -0.507 e. The first-order valence-electron chi connectivity index (χ1n) is 3.68. The summed E-state index contributed by atoms with van der Waals surface area (Å²) in [5, 5.41) is 16.9. The topological polar surface area (TPSA) is 74.9 Å². The lowest BCUT2D eigenvalue weighted by Gasteiger charge is -1.94. The maximum Gasteiger partial charge on any atom is 0.126 e. The predicted molar refractivity (Wildman–Crippen MR) is 45.6 cm³/mol. The van der Waals surface area contributed by atoms with Crippen LogP contribution in [0.4, 0.5) is 0 Å². The van der Waals surface area contributed by atoms with Crippen molar-refractivity contribution in [2.45, 2.75) is 6.54 Å². The van der Waals surface area contributed by atoms with Crippen LogP contribution in [0, 0.1) is 0 Å². The van der Waals surface area contributed by atoms with Gasteiger partial charge in [0.2, 0.25) is 0 Å². The number of nitrogens with two attached hydrogens (primary N) is 1. The van der Waals surface area contributed by atoms with Gasteiger partial charge in [0.25, 0.3) is 0 Å². The van der Waals surface area contributed by atoms with E-state index in [4.69, 9.17) is 5.73 Å². The number of phenols is 1. The number of nitrogens with one attached hydrogen (secondary N) is 1. The van der Waals surface area contributed by atoms with Crippen LogP contribution in [-0.4, -0.2) is 15.3 Å². The molecule has 0 aliphatic carbocycles. The first-order chi connectivity index (χ1) is 5.83. The first kappa shape index (κ1) is 7.12. The number of fused-ring (bicyclic) bond motifs is 1. The zero-order valence-corrected chi connectivity index (χ0v) is 6.41. The van der Waals surface area contributed by atoms with Crippen molar-refractivity contribution >= 4 is 10.9 Å². The molecule has 2 rings (SSSR count). The van der Waals surface area contributed by atoms with E-state index in [0.717, 1.165) is 16.6 Å². The Morgan fingerprint density at radius 2 is 2.33 bits per heavy atom. The predicted octanol–water partition coefficient (Wildman–Crippen LogP) is 0.727. The average molecular weight is 163 g/mol. The molecular formula is C8H9N3O. The third kappa shape index (κ3) is 0.853. The molecule has 1 aromatic heterocycles. The van der Waals surface area contributed by atoms with E-state index in [1.165, 1.54) is 0 Å². The lowest BCUT2D eigenvalue weighted by molar-refractivity contribution is 0.481. The Morgan fingerprint density at radius 3 is 3.08 bits per heavy atom. The molecule has 0 aliphatic heterocycles. The normalized spacial score (nSPS) is 10.8. The molecule has 12 heavy (non-hydrogen) atoms. The third-order valence-corrected chi connectivity index (χ3v) is 1.84. The molecule has 62 valence electrons. The molecule has 0 atom stereocenters. The van der Waals surface area contributed by atoms with Crippen LogP contribution in [0.25, 0.3) is 10.9 Å². The standard InChI is InChI=1S/C8H9N3O/c9-4-6-8-5(10-11-6)2-1-3-7(8)12/h1-3,12H,4,9H2,(H,10,11). The van der Waals surface area contributed by atoms with Gasteiger partial charge in [-0.3, -0.25) is 5.10 Å². The Hall–Kier alpha value is -1.55. The second-order valence-electron chi connectivity index (χ2n) is 2.58. The monoisotopic (exact) mass is 163 g/mol.